The minimum Gasteiger partial charge on any atom is -0.359 e. The van der Waals surface area contributed by atoms with Crippen LogP contribution in [0.3, 0.4) is 0 Å². The molecule has 0 fully saturated rings. The molecule has 0 bridgehead atoms. The molecule has 0 saturated carbocycles. The van der Waals surface area contributed by atoms with Crippen molar-refractivity contribution in [2.75, 3.05) is 0 Å². The smallest absolute Gasteiger partial charge is 0.249 e. The first-order valence-electron chi connectivity index (χ1n) is 5.55. The maximum atomic E-state index is 11.1. The lowest BCUT2D eigenvalue weighted by atomic mass is 10.1. The predicted octanol–water partition coefficient (Wildman–Crippen LogP) is 3.05. The van der Waals surface area contributed by atoms with Gasteiger partial charge in [-0.3, -0.25) is 4.63 Å². The number of aromatic nitrogens is 2. The van der Waals surface area contributed by atoms with Crippen molar-refractivity contribution in [1.82, 2.24) is 5.16 Å². The minimum absolute atomic E-state index is 0. The molecule has 0 unspecified atom stereocenters. The quantitative estimate of drug-likeness (QED) is 0.533. The van der Waals surface area contributed by atoms with E-state index < -0.39 is 0 Å². The van der Waals surface area contributed by atoms with Crippen molar-refractivity contribution >= 4 is 35.6 Å². The van der Waals surface area contributed by atoms with Gasteiger partial charge >= 0.3 is 0 Å². The summed E-state index contributed by atoms with van der Waals surface area (Å²) in [6, 6.07) is 15.4. The first kappa shape index (κ1) is 13.1. The topological polar surface area (TPSA) is 53.0 Å². The maximum Gasteiger partial charge on any atom is 0.249 e. The lowest BCUT2D eigenvalue weighted by molar-refractivity contribution is -0.782. The van der Waals surface area contributed by atoms with Crippen LogP contribution < -0.4 is 4.90 Å². The number of rotatable bonds is 2. The van der Waals surface area contributed by atoms with E-state index in [0.717, 1.165) is 11.1 Å². The molecule has 19 heavy (non-hydrogen) atoms. The summed E-state index contributed by atoms with van der Waals surface area (Å²) in [6.07, 6.45) is 3.98. The average molecular weight is 275 g/mol. The fourth-order valence-corrected chi connectivity index (χ4v) is 1.75. The highest BCUT2D eigenvalue weighted by atomic mass is 35.5. The van der Waals surface area contributed by atoms with Gasteiger partial charge in [0.15, 0.2) is 0 Å². The number of benzene rings is 2. The van der Waals surface area contributed by atoms with Gasteiger partial charge in [0, 0.05) is 11.2 Å². The van der Waals surface area contributed by atoms with Gasteiger partial charge in [-0.2, -0.15) is 0 Å². The van der Waals surface area contributed by atoms with Crippen LogP contribution in [0.2, 0.25) is 0 Å². The third kappa shape index (κ3) is 2.74. The molecule has 0 radical (unpaired) electrons. The van der Waals surface area contributed by atoms with Gasteiger partial charge < -0.3 is 5.21 Å². The van der Waals surface area contributed by atoms with Gasteiger partial charge in [-0.1, -0.05) is 48.6 Å². The molecule has 0 aliphatic carbocycles. The number of fused-ring (bicyclic) bond motifs is 1. The molecule has 0 aliphatic heterocycles. The van der Waals surface area contributed by atoms with Gasteiger partial charge in [0.2, 0.25) is 11.0 Å². The van der Waals surface area contributed by atoms with Crippen molar-refractivity contribution in [3.05, 3.63) is 64.9 Å². The summed E-state index contributed by atoms with van der Waals surface area (Å²) in [7, 11) is 0. The Kier molecular flexibility index (Phi) is 3.82. The Morgan fingerprint density at radius 3 is 2.53 bits per heavy atom. The normalized spacial score (nSPS) is 10.7. The van der Waals surface area contributed by atoms with Crippen LogP contribution in [0.4, 0.5) is 0 Å². The van der Waals surface area contributed by atoms with E-state index in [1.165, 1.54) is 0 Å². The van der Waals surface area contributed by atoms with Crippen LogP contribution in [0.1, 0.15) is 11.1 Å². The Balaban J connectivity index is 0.00000133. The van der Waals surface area contributed by atoms with Gasteiger partial charge in [-0.15, -0.1) is 12.4 Å². The summed E-state index contributed by atoms with van der Waals surface area (Å²) in [5, 5.41) is 14.8. The molecule has 5 heteroatoms. The van der Waals surface area contributed by atoms with Crippen LogP contribution in [0.5, 0.6) is 0 Å². The molecule has 0 atom stereocenters. The zero-order chi connectivity index (χ0) is 12.4. The van der Waals surface area contributed by atoms with Crippen molar-refractivity contribution in [2.45, 2.75) is 0 Å². The van der Waals surface area contributed by atoms with Gasteiger partial charge in [0.1, 0.15) is 0 Å². The van der Waals surface area contributed by atoms with Gasteiger partial charge in [-0.05, 0) is 22.1 Å². The lowest BCUT2D eigenvalue weighted by Gasteiger charge is -1.93. The molecule has 0 amide bonds. The standard InChI is InChI=1S/C14H10N2O2.ClH/c17-16-14-9-8-12(10-13(14)15-18-16)7-6-11-4-2-1-3-5-11;/h1-10H;1H/b7-6+;. The molecule has 1 aromatic heterocycles. The first-order chi connectivity index (χ1) is 8.83. The summed E-state index contributed by atoms with van der Waals surface area (Å²) in [5.74, 6) is 0. The SMILES string of the molecule is Cl.[O-][n+]1onc2cc(/C=C/c3ccccc3)ccc21. The van der Waals surface area contributed by atoms with E-state index in [0.29, 0.717) is 15.9 Å². The summed E-state index contributed by atoms with van der Waals surface area (Å²) in [5.41, 5.74) is 3.09. The molecule has 3 rings (SSSR count). The molecule has 96 valence electrons. The van der Waals surface area contributed by atoms with Crippen molar-refractivity contribution in [3.8, 4) is 0 Å². The van der Waals surface area contributed by atoms with E-state index in [1.807, 2.05) is 54.6 Å². The van der Waals surface area contributed by atoms with Gasteiger partial charge in [0.05, 0.1) is 0 Å². The summed E-state index contributed by atoms with van der Waals surface area (Å²) >= 11 is 0. The van der Waals surface area contributed by atoms with E-state index in [9.17, 15) is 5.21 Å². The Morgan fingerprint density at radius 1 is 1.00 bits per heavy atom. The zero-order valence-corrected chi connectivity index (χ0v) is 10.7. The van der Waals surface area contributed by atoms with E-state index in [4.69, 9.17) is 0 Å². The Hall–Kier alpha value is -2.33. The molecule has 3 aromatic rings. The Morgan fingerprint density at radius 2 is 1.74 bits per heavy atom. The molecule has 2 aromatic carbocycles. The monoisotopic (exact) mass is 274 g/mol. The molecule has 0 saturated heterocycles. The Bertz CT molecular complexity index is 708. The summed E-state index contributed by atoms with van der Waals surface area (Å²) in [4.78, 5) is 0.403. The molecule has 0 N–H and O–H groups in total. The predicted molar refractivity (Wildman–Crippen MR) is 75.6 cm³/mol. The third-order valence-electron chi connectivity index (χ3n) is 2.68. The second-order valence-corrected chi connectivity index (χ2v) is 3.92. The third-order valence-corrected chi connectivity index (χ3v) is 2.68. The second-order valence-electron chi connectivity index (χ2n) is 3.92. The molecular formula is C14H11ClN2O2. The van der Waals surface area contributed by atoms with E-state index >= 15 is 0 Å². The first-order valence-corrected chi connectivity index (χ1v) is 5.55. The second kappa shape index (κ2) is 5.54. The lowest BCUT2D eigenvalue weighted by Crippen LogP contribution is -2.22. The summed E-state index contributed by atoms with van der Waals surface area (Å²) in [6.45, 7) is 0. The van der Waals surface area contributed by atoms with Crippen molar-refractivity contribution in [2.24, 2.45) is 0 Å². The highest BCUT2D eigenvalue weighted by Gasteiger charge is 2.07. The van der Waals surface area contributed by atoms with Crippen LogP contribution in [0.15, 0.2) is 53.2 Å². The number of halogens is 1. The van der Waals surface area contributed by atoms with Crippen molar-refractivity contribution < 1.29 is 9.53 Å². The average Bonchev–Trinajstić information content (AvgIpc) is 2.79. The molecule has 0 spiro atoms. The largest absolute Gasteiger partial charge is 0.359 e. The van der Waals surface area contributed by atoms with Crippen molar-refractivity contribution in [1.29, 1.82) is 0 Å². The molecule has 1 heterocycles. The minimum atomic E-state index is 0. The van der Waals surface area contributed by atoms with Crippen molar-refractivity contribution in [3.63, 3.8) is 0 Å². The number of hydrogen-bond acceptors (Lipinski definition) is 3. The Labute approximate surface area is 115 Å². The zero-order valence-electron chi connectivity index (χ0n) is 9.89. The molecular weight excluding hydrogens is 264 g/mol. The van der Waals surface area contributed by atoms with Crippen LogP contribution in [0, 0.1) is 5.21 Å². The molecule has 0 aliphatic rings. The maximum absolute atomic E-state index is 11.1. The van der Waals surface area contributed by atoms with Crippen LogP contribution in [0.25, 0.3) is 23.2 Å². The summed E-state index contributed by atoms with van der Waals surface area (Å²) < 4.78 is 4.52. The highest BCUT2D eigenvalue weighted by molar-refractivity contribution is 5.85. The van der Waals surface area contributed by atoms with E-state index in [1.54, 1.807) is 6.07 Å². The van der Waals surface area contributed by atoms with Crippen LogP contribution >= 0.6 is 12.4 Å². The number of nitrogens with zero attached hydrogens (tertiary/aromatic N) is 2. The van der Waals surface area contributed by atoms with E-state index in [2.05, 4.69) is 9.79 Å². The van der Waals surface area contributed by atoms with Gasteiger partial charge in [0.25, 0.3) is 0 Å². The van der Waals surface area contributed by atoms with Crippen LogP contribution in [-0.4, -0.2) is 5.16 Å². The fourth-order valence-electron chi connectivity index (χ4n) is 1.75. The van der Waals surface area contributed by atoms with Crippen LogP contribution in [-0.2, 0) is 0 Å². The molecule has 4 nitrogen and oxygen atoms in total. The highest BCUT2D eigenvalue weighted by Crippen LogP contribution is 2.13. The number of hydrogen-bond donors (Lipinski definition) is 0. The van der Waals surface area contributed by atoms with Gasteiger partial charge in [-0.25, -0.2) is 0 Å². The fraction of sp³-hybridized carbons (Fsp3) is 0. The van der Waals surface area contributed by atoms with E-state index in [-0.39, 0.29) is 12.4 Å².